The third-order valence-corrected chi connectivity index (χ3v) is 15.0. The minimum atomic E-state index is 0.00885. The van der Waals surface area contributed by atoms with Crippen LogP contribution in [0.5, 0.6) is 0 Å². The van der Waals surface area contributed by atoms with Crippen LogP contribution in [0.15, 0.2) is 115 Å². The Hall–Kier alpha value is -4.80. The predicted molar refractivity (Wildman–Crippen MR) is 230 cm³/mol. The second-order valence-corrected chi connectivity index (χ2v) is 17.7. The first-order chi connectivity index (χ1) is 25.9. The highest BCUT2D eigenvalue weighted by atomic mass is 32.1. The molecule has 2 unspecified atom stereocenters. The quantitative estimate of drug-likeness (QED) is 0.165. The number of para-hydroxylation sites is 1. The average Bonchev–Trinajstić information content (AvgIpc) is 3.66. The van der Waals surface area contributed by atoms with Crippen molar-refractivity contribution in [2.45, 2.75) is 83.6 Å². The minimum Gasteiger partial charge on any atom is -0.376 e. The predicted octanol–water partition coefficient (Wildman–Crippen LogP) is 12.4. The smallest absolute Gasteiger partial charge is 0.333 e. The zero-order valence-corrected chi connectivity index (χ0v) is 32.1. The molecule has 4 aliphatic rings. The van der Waals surface area contributed by atoms with E-state index in [4.69, 9.17) is 0 Å². The number of thiophene rings is 1. The van der Waals surface area contributed by atoms with E-state index in [1.807, 2.05) is 11.3 Å². The molecule has 0 spiro atoms. The number of hydrogen-bond donors (Lipinski definition) is 0. The molecule has 6 aromatic carbocycles. The van der Waals surface area contributed by atoms with Gasteiger partial charge in [-0.15, -0.1) is 11.3 Å². The zero-order valence-electron chi connectivity index (χ0n) is 31.3. The van der Waals surface area contributed by atoms with Crippen LogP contribution in [0.1, 0.15) is 76.0 Å². The second-order valence-electron chi connectivity index (χ2n) is 16.7. The summed E-state index contributed by atoms with van der Waals surface area (Å²) in [7, 11) is 0. The van der Waals surface area contributed by atoms with Crippen molar-refractivity contribution in [3.8, 4) is 22.3 Å². The van der Waals surface area contributed by atoms with Crippen LogP contribution in [-0.2, 0) is 11.8 Å². The van der Waals surface area contributed by atoms with E-state index < -0.39 is 0 Å². The Bertz CT molecular complexity index is 2640. The Morgan fingerprint density at radius 1 is 0.736 bits per heavy atom. The van der Waals surface area contributed by atoms with Crippen LogP contribution < -0.4 is 20.6 Å². The lowest BCUT2D eigenvalue weighted by Gasteiger charge is -2.53. The highest BCUT2D eigenvalue weighted by molar-refractivity contribution is 7.26. The van der Waals surface area contributed by atoms with E-state index >= 15 is 0 Å². The molecule has 0 bridgehead atoms. The number of benzene rings is 6. The largest absolute Gasteiger partial charge is 0.376 e. The molecule has 0 saturated heterocycles. The maximum absolute atomic E-state index is 2.89. The lowest BCUT2D eigenvalue weighted by Crippen LogP contribution is -2.64. The summed E-state index contributed by atoms with van der Waals surface area (Å²) in [6, 6.07) is 44.5. The molecule has 3 aliphatic heterocycles. The van der Waals surface area contributed by atoms with Crippen molar-refractivity contribution in [2.75, 3.05) is 9.71 Å². The van der Waals surface area contributed by atoms with Crippen LogP contribution in [-0.4, -0.2) is 12.4 Å². The standard InChI is InChI=1S/C49H45BN2S/c1-5-6-16-32-29-38-46-39(30-32)50-45-37(27-31(2)28-42(45)51(46)49(4)26-15-14-25-48(38,49)3)44-41(24-23-36-35-20-11-13-22-43(35)53-47(36)44)52(50)40-21-12-10-19-34(40)33-17-8-7-9-18-33/h7-13,17-24,27-30H,5-6,14-16,25-26H2,1-4H3. The van der Waals surface area contributed by atoms with Crippen LogP contribution in [0.4, 0.5) is 22.7 Å². The van der Waals surface area contributed by atoms with E-state index in [-0.39, 0.29) is 17.8 Å². The van der Waals surface area contributed by atoms with Gasteiger partial charge in [-0.3, -0.25) is 0 Å². The summed E-state index contributed by atoms with van der Waals surface area (Å²) < 4.78 is 2.76. The van der Waals surface area contributed by atoms with Gasteiger partial charge in [0.05, 0.1) is 5.54 Å². The van der Waals surface area contributed by atoms with Gasteiger partial charge in [0.2, 0.25) is 0 Å². The summed E-state index contributed by atoms with van der Waals surface area (Å²) in [6.07, 6.45) is 8.60. The van der Waals surface area contributed by atoms with Gasteiger partial charge in [0, 0.05) is 59.5 Å². The molecule has 7 aromatic rings. The molecular weight excluding hydrogens is 659 g/mol. The number of aryl methyl sites for hydroxylation is 2. The van der Waals surface area contributed by atoms with Crippen LogP contribution in [0, 0.1) is 6.92 Å². The molecule has 1 aliphatic carbocycles. The van der Waals surface area contributed by atoms with Crippen LogP contribution in [0.3, 0.4) is 0 Å². The Morgan fingerprint density at radius 3 is 2.40 bits per heavy atom. The molecule has 0 amide bonds. The van der Waals surface area contributed by atoms with E-state index in [1.165, 1.54) is 126 Å². The number of nitrogens with zero attached hydrogens (tertiary/aromatic N) is 2. The van der Waals surface area contributed by atoms with Crippen LogP contribution in [0.25, 0.3) is 42.4 Å². The SMILES string of the molecule is CCCCc1cc2c3c(c1)C1(C)CCCCC1(C)N3c1cc(C)cc3c1B2N(c1ccccc1-c1ccccc1)c1ccc2c(sc4ccccc42)c1-3. The first-order valence-corrected chi connectivity index (χ1v) is 20.7. The summed E-state index contributed by atoms with van der Waals surface area (Å²) in [5.74, 6) is 0. The molecule has 0 N–H and O–H groups in total. The molecule has 2 nitrogen and oxygen atoms in total. The monoisotopic (exact) mass is 704 g/mol. The van der Waals surface area contributed by atoms with Crippen molar-refractivity contribution in [1.29, 1.82) is 0 Å². The molecule has 53 heavy (non-hydrogen) atoms. The third kappa shape index (κ3) is 4.16. The average molecular weight is 705 g/mol. The van der Waals surface area contributed by atoms with Gasteiger partial charge in [0.1, 0.15) is 0 Å². The summed E-state index contributed by atoms with van der Waals surface area (Å²) in [6.45, 7) is 9.94. The van der Waals surface area contributed by atoms with Crippen molar-refractivity contribution in [2.24, 2.45) is 0 Å². The highest BCUT2D eigenvalue weighted by Crippen LogP contribution is 2.63. The lowest BCUT2D eigenvalue weighted by molar-refractivity contribution is 0.195. The lowest BCUT2D eigenvalue weighted by atomic mass is 9.43. The molecule has 1 fully saturated rings. The third-order valence-electron chi connectivity index (χ3n) is 13.8. The molecule has 260 valence electrons. The van der Waals surface area contributed by atoms with E-state index in [2.05, 4.69) is 153 Å². The second kappa shape index (κ2) is 11.4. The van der Waals surface area contributed by atoms with Gasteiger partial charge in [0.25, 0.3) is 0 Å². The zero-order chi connectivity index (χ0) is 35.6. The van der Waals surface area contributed by atoms with E-state index in [0.717, 1.165) is 6.42 Å². The van der Waals surface area contributed by atoms with Gasteiger partial charge in [-0.25, -0.2) is 0 Å². The Labute approximate surface area is 318 Å². The molecule has 11 rings (SSSR count). The fourth-order valence-electron chi connectivity index (χ4n) is 11.1. The first-order valence-electron chi connectivity index (χ1n) is 19.9. The van der Waals surface area contributed by atoms with E-state index in [9.17, 15) is 0 Å². The number of unbranched alkanes of at least 4 members (excludes halogenated alkanes) is 1. The summed E-state index contributed by atoms with van der Waals surface area (Å²) >= 11 is 1.97. The van der Waals surface area contributed by atoms with Crippen LogP contribution >= 0.6 is 11.3 Å². The summed E-state index contributed by atoms with van der Waals surface area (Å²) in [5, 5.41) is 2.72. The number of fused-ring (bicyclic) bond motifs is 11. The summed E-state index contributed by atoms with van der Waals surface area (Å²) in [4.78, 5) is 5.66. The van der Waals surface area contributed by atoms with Crippen molar-refractivity contribution >= 4 is 72.0 Å². The Balaban J connectivity index is 1.30. The highest BCUT2D eigenvalue weighted by Gasteiger charge is 2.62. The minimum absolute atomic E-state index is 0.00885. The molecule has 1 aromatic heterocycles. The van der Waals surface area contributed by atoms with Crippen molar-refractivity contribution in [3.05, 3.63) is 132 Å². The Kier molecular flexibility index (Phi) is 6.79. The van der Waals surface area contributed by atoms with Gasteiger partial charge < -0.3 is 9.71 Å². The fourth-order valence-corrected chi connectivity index (χ4v) is 12.4. The van der Waals surface area contributed by atoms with E-state index in [1.54, 1.807) is 5.56 Å². The van der Waals surface area contributed by atoms with Gasteiger partial charge >= 0.3 is 6.85 Å². The fraction of sp³-hybridized carbons (Fsp3) is 0.265. The number of rotatable bonds is 5. The molecule has 2 atom stereocenters. The van der Waals surface area contributed by atoms with Gasteiger partial charge in [-0.2, -0.15) is 0 Å². The molecule has 0 radical (unpaired) electrons. The molecule has 4 heteroatoms. The van der Waals surface area contributed by atoms with Gasteiger partial charge in [0.15, 0.2) is 0 Å². The van der Waals surface area contributed by atoms with Gasteiger partial charge in [-0.1, -0.05) is 124 Å². The number of hydrogen-bond acceptors (Lipinski definition) is 3. The number of anilines is 4. The first kappa shape index (κ1) is 31.7. The maximum atomic E-state index is 2.89. The van der Waals surface area contributed by atoms with Crippen LogP contribution in [0.2, 0.25) is 0 Å². The molecule has 4 heterocycles. The topological polar surface area (TPSA) is 6.48 Å². The van der Waals surface area contributed by atoms with E-state index in [0.29, 0.717) is 0 Å². The normalized spacial score (nSPS) is 20.8. The van der Waals surface area contributed by atoms with Gasteiger partial charge in [-0.05, 0) is 103 Å². The van der Waals surface area contributed by atoms with Crippen molar-refractivity contribution in [3.63, 3.8) is 0 Å². The molecular formula is C49H45BN2S. The summed E-state index contributed by atoms with van der Waals surface area (Å²) in [5.41, 5.74) is 18.4. The molecule has 1 saturated carbocycles. The van der Waals surface area contributed by atoms with Crippen molar-refractivity contribution < 1.29 is 0 Å². The maximum Gasteiger partial charge on any atom is 0.333 e. The Morgan fingerprint density at radius 2 is 1.53 bits per heavy atom. The van der Waals surface area contributed by atoms with Crippen molar-refractivity contribution in [1.82, 2.24) is 0 Å².